The largest absolute Gasteiger partial charge is 0.508 e. The summed E-state index contributed by atoms with van der Waals surface area (Å²) in [6.45, 7) is 0. The van der Waals surface area contributed by atoms with Crippen LogP contribution in [0, 0.1) is 0 Å². The van der Waals surface area contributed by atoms with Gasteiger partial charge in [0, 0.05) is 18.9 Å². The summed E-state index contributed by atoms with van der Waals surface area (Å²) in [5.74, 6) is -0.00525. The molecular weight excluding hydrogens is 206 g/mol. The van der Waals surface area contributed by atoms with Crippen molar-refractivity contribution in [3.8, 4) is 5.75 Å². The summed E-state index contributed by atoms with van der Waals surface area (Å²) in [4.78, 5) is 13.4. The Labute approximate surface area is 92.3 Å². The molecule has 0 spiro atoms. The van der Waals surface area contributed by atoms with Crippen LogP contribution in [0.2, 0.25) is 0 Å². The molecule has 1 aromatic carbocycles. The van der Waals surface area contributed by atoms with E-state index in [1.165, 1.54) is 23.2 Å². The molecule has 0 bridgehead atoms. The zero-order chi connectivity index (χ0) is 11.5. The van der Waals surface area contributed by atoms with Crippen molar-refractivity contribution < 1.29 is 9.90 Å². The SMILES string of the molecule is CN(C(=O)c1ccn[nH]1)c1ccc(O)cc1. The summed E-state index contributed by atoms with van der Waals surface area (Å²) >= 11 is 0. The van der Waals surface area contributed by atoms with Crippen molar-refractivity contribution in [2.75, 3.05) is 11.9 Å². The third-order valence-corrected chi connectivity index (χ3v) is 2.27. The van der Waals surface area contributed by atoms with Gasteiger partial charge >= 0.3 is 0 Å². The van der Waals surface area contributed by atoms with Gasteiger partial charge in [0.25, 0.3) is 5.91 Å². The second-order valence-corrected chi connectivity index (χ2v) is 3.35. The van der Waals surface area contributed by atoms with Gasteiger partial charge in [-0.25, -0.2) is 0 Å². The molecule has 0 aliphatic heterocycles. The number of H-pyrrole nitrogens is 1. The van der Waals surface area contributed by atoms with Crippen molar-refractivity contribution in [1.82, 2.24) is 10.2 Å². The van der Waals surface area contributed by atoms with Crippen LogP contribution < -0.4 is 4.90 Å². The zero-order valence-corrected chi connectivity index (χ0v) is 8.71. The number of hydrogen-bond donors (Lipinski definition) is 2. The molecule has 16 heavy (non-hydrogen) atoms. The number of anilines is 1. The molecule has 1 heterocycles. The highest BCUT2D eigenvalue weighted by Gasteiger charge is 2.14. The van der Waals surface area contributed by atoms with Gasteiger partial charge in [-0.2, -0.15) is 5.10 Å². The van der Waals surface area contributed by atoms with Gasteiger partial charge in [0.15, 0.2) is 0 Å². The van der Waals surface area contributed by atoms with E-state index in [-0.39, 0.29) is 11.7 Å². The number of aromatic amines is 1. The maximum atomic E-state index is 11.9. The summed E-state index contributed by atoms with van der Waals surface area (Å²) in [7, 11) is 1.66. The third kappa shape index (κ3) is 1.88. The predicted octanol–water partition coefficient (Wildman–Crippen LogP) is 1.39. The maximum absolute atomic E-state index is 11.9. The molecule has 0 atom stereocenters. The Morgan fingerprint density at radius 2 is 2.00 bits per heavy atom. The fourth-order valence-electron chi connectivity index (χ4n) is 1.35. The molecule has 82 valence electrons. The van der Waals surface area contributed by atoms with E-state index in [0.29, 0.717) is 11.4 Å². The van der Waals surface area contributed by atoms with Crippen LogP contribution in [0.25, 0.3) is 0 Å². The Morgan fingerprint density at radius 1 is 1.31 bits per heavy atom. The first kappa shape index (κ1) is 10.2. The fourth-order valence-corrected chi connectivity index (χ4v) is 1.35. The van der Waals surface area contributed by atoms with E-state index >= 15 is 0 Å². The van der Waals surface area contributed by atoms with E-state index in [9.17, 15) is 4.79 Å². The van der Waals surface area contributed by atoms with E-state index in [0.717, 1.165) is 0 Å². The second kappa shape index (κ2) is 4.06. The van der Waals surface area contributed by atoms with Crippen LogP contribution in [0.1, 0.15) is 10.5 Å². The number of nitrogens with zero attached hydrogens (tertiary/aromatic N) is 2. The molecule has 0 saturated heterocycles. The van der Waals surface area contributed by atoms with Gasteiger partial charge in [-0.05, 0) is 30.3 Å². The monoisotopic (exact) mass is 217 g/mol. The van der Waals surface area contributed by atoms with Gasteiger partial charge in [-0.1, -0.05) is 0 Å². The summed E-state index contributed by atoms with van der Waals surface area (Å²) < 4.78 is 0. The molecule has 0 aliphatic carbocycles. The first-order chi connectivity index (χ1) is 7.68. The van der Waals surface area contributed by atoms with Crippen molar-refractivity contribution in [2.45, 2.75) is 0 Å². The highest BCUT2D eigenvalue weighted by atomic mass is 16.3. The van der Waals surface area contributed by atoms with Crippen molar-refractivity contribution in [3.63, 3.8) is 0 Å². The van der Waals surface area contributed by atoms with Crippen LogP contribution in [0.4, 0.5) is 5.69 Å². The summed E-state index contributed by atoms with van der Waals surface area (Å²) in [5, 5.41) is 15.5. The van der Waals surface area contributed by atoms with E-state index in [4.69, 9.17) is 5.11 Å². The third-order valence-electron chi connectivity index (χ3n) is 2.27. The number of amides is 1. The molecule has 2 N–H and O–H groups in total. The van der Waals surface area contributed by atoms with Crippen molar-refractivity contribution in [2.24, 2.45) is 0 Å². The molecule has 0 unspecified atom stereocenters. The van der Waals surface area contributed by atoms with E-state index < -0.39 is 0 Å². The minimum atomic E-state index is -0.178. The molecule has 0 fully saturated rings. The number of phenolic OH excluding ortho intramolecular Hbond substituents is 1. The number of rotatable bonds is 2. The minimum Gasteiger partial charge on any atom is -0.508 e. The number of carbonyl (C=O) groups excluding carboxylic acids is 1. The topological polar surface area (TPSA) is 69.2 Å². The van der Waals surface area contributed by atoms with Gasteiger partial charge in [0.1, 0.15) is 11.4 Å². The summed E-state index contributed by atoms with van der Waals surface area (Å²) in [6.07, 6.45) is 1.53. The Hall–Kier alpha value is -2.30. The predicted molar refractivity (Wildman–Crippen MR) is 59.4 cm³/mol. The van der Waals surface area contributed by atoms with Crippen LogP contribution >= 0.6 is 0 Å². The molecule has 5 nitrogen and oxygen atoms in total. The molecule has 2 aromatic rings. The number of phenols is 1. The van der Waals surface area contributed by atoms with E-state index in [2.05, 4.69) is 10.2 Å². The minimum absolute atomic E-state index is 0.172. The zero-order valence-electron chi connectivity index (χ0n) is 8.71. The van der Waals surface area contributed by atoms with Crippen LogP contribution in [-0.2, 0) is 0 Å². The maximum Gasteiger partial charge on any atom is 0.276 e. The first-order valence-corrected chi connectivity index (χ1v) is 4.75. The Kier molecular flexibility index (Phi) is 2.59. The molecular formula is C11H11N3O2. The first-order valence-electron chi connectivity index (χ1n) is 4.75. The standard InChI is InChI=1S/C11H11N3O2/c1-14(8-2-4-9(15)5-3-8)11(16)10-6-7-12-13-10/h2-7,15H,1H3,(H,12,13). The van der Waals surface area contributed by atoms with E-state index in [1.54, 1.807) is 25.2 Å². The molecule has 5 heteroatoms. The Morgan fingerprint density at radius 3 is 2.56 bits per heavy atom. The van der Waals surface area contributed by atoms with Gasteiger partial charge in [0.2, 0.25) is 0 Å². The van der Waals surface area contributed by atoms with Gasteiger partial charge in [-0.3, -0.25) is 9.89 Å². The molecule has 2 rings (SSSR count). The number of aromatic nitrogens is 2. The van der Waals surface area contributed by atoms with Crippen molar-refractivity contribution >= 4 is 11.6 Å². The molecule has 1 amide bonds. The Balaban J connectivity index is 2.22. The van der Waals surface area contributed by atoms with Crippen molar-refractivity contribution in [1.29, 1.82) is 0 Å². The number of carbonyl (C=O) groups is 1. The number of nitrogens with one attached hydrogen (secondary N) is 1. The van der Waals surface area contributed by atoms with Crippen LogP contribution in [0.3, 0.4) is 0 Å². The number of hydrogen-bond acceptors (Lipinski definition) is 3. The average Bonchev–Trinajstić information content (AvgIpc) is 2.81. The quantitative estimate of drug-likeness (QED) is 0.798. The molecule has 0 radical (unpaired) electrons. The highest BCUT2D eigenvalue weighted by Crippen LogP contribution is 2.18. The van der Waals surface area contributed by atoms with Gasteiger partial charge in [-0.15, -0.1) is 0 Å². The van der Waals surface area contributed by atoms with Crippen LogP contribution in [0.5, 0.6) is 5.75 Å². The van der Waals surface area contributed by atoms with Crippen molar-refractivity contribution in [3.05, 3.63) is 42.2 Å². The highest BCUT2D eigenvalue weighted by molar-refractivity contribution is 6.04. The number of aromatic hydroxyl groups is 1. The van der Waals surface area contributed by atoms with Crippen LogP contribution in [0.15, 0.2) is 36.5 Å². The normalized spacial score (nSPS) is 10.1. The number of benzene rings is 1. The average molecular weight is 217 g/mol. The smallest absolute Gasteiger partial charge is 0.276 e. The summed E-state index contributed by atoms with van der Waals surface area (Å²) in [6, 6.07) is 8.02. The van der Waals surface area contributed by atoms with Gasteiger partial charge < -0.3 is 10.0 Å². The summed E-state index contributed by atoms with van der Waals surface area (Å²) in [5.41, 5.74) is 1.13. The lowest BCUT2D eigenvalue weighted by Gasteiger charge is -2.16. The lowest BCUT2D eigenvalue weighted by Crippen LogP contribution is -2.26. The molecule has 1 aromatic heterocycles. The molecule has 0 saturated carbocycles. The lowest BCUT2D eigenvalue weighted by atomic mass is 10.2. The lowest BCUT2D eigenvalue weighted by molar-refractivity contribution is 0.0988. The van der Waals surface area contributed by atoms with Crippen LogP contribution in [-0.4, -0.2) is 28.3 Å². The Bertz CT molecular complexity index is 476. The molecule has 0 aliphatic rings. The van der Waals surface area contributed by atoms with E-state index in [1.807, 2.05) is 0 Å². The fraction of sp³-hybridized carbons (Fsp3) is 0.0909. The van der Waals surface area contributed by atoms with Gasteiger partial charge in [0.05, 0.1) is 0 Å². The second-order valence-electron chi connectivity index (χ2n) is 3.35.